The van der Waals surface area contributed by atoms with Crippen LogP contribution in [0.1, 0.15) is 46.0 Å². The van der Waals surface area contributed by atoms with Gasteiger partial charge in [0.25, 0.3) is 0 Å². The number of ether oxygens (including phenoxy) is 1. The van der Waals surface area contributed by atoms with Crippen molar-refractivity contribution in [3.8, 4) is 0 Å². The van der Waals surface area contributed by atoms with E-state index in [0.29, 0.717) is 11.8 Å². The van der Waals surface area contributed by atoms with Crippen molar-refractivity contribution < 1.29 is 14.3 Å². The largest absolute Gasteiger partial charge is 0.457 e. The molecule has 0 aromatic carbocycles. The van der Waals surface area contributed by atoms with E-state index in [4.69, 9.17) is 4.74 Å². The van der Waals surface area contributed by atoms with Gasteiger partial charge in [-0.15, -0.1) is 0 Å². The van der Waals surface area contributed by atoms with Crippen molar-refractivity contribution in [3.05, 3.63) is 0 Å². The van der Waals surface area contributed by atoms with Crippen LogP contribution < -0.4 is 0 Å². The van der Waals surface area contributed by atoms with E-state index in [9.17, 15) is 9.59 Å². The number of fused-ring (bicyclic) bond motifs is 1. The van der Waals surface area contributed by atoms with Crippen molar-refractivity contribution in [2.45, 2.75) is 46.0 Å². The third-order valence-electron chi connectivity index (χ3n) is 5.78. The van der Waals surface area contributed by atoms with Crippen LogP contribution in [0.4, 0.5) is 0 Å². The minimum Gasteiger partial charge on any atom is -0.457 e. The molecule has 0 radical (unpaired) electrons. The molecule has 1 aliphatic heterocycles. The zero-order valence-corrected chi connectivity index (χ0v) is 10.6. The minimum atomic E-state index is -0.766. The van der Waals surface area contributed by atoms with Gasteiger partial charge in [0, 0.05) is 0 Å². The second kappa shape index (κ2) is 3.33. The average Bonchev–Trinajstić information content (AvgIpc) is 2.74. The summed E-state index contributed by atoms with van der Waals surface area (Å²) in [6, 6.07) is 0. The van der Waals surface area contributed by atoms with E-state index in [1.807, 2.05) is 0 Å². The van der Waals surface area contributed by atoms with Gasteiger partial charge in [-0.05, 0) is 36.5 Å². The summed E-state index contributed by atoms with van der Waals surface area (Å²) in [5.41, 5.74) is -0.602. The van der Waals surface area contributed by atoms with Crippen molar-refractivity contribution in [1.29, 1.82) is 0 Å². The van der Waals surface area contributed by atoms with Crippen LogP contribution in [0.2, 0.25) is 0 Å². The molecule has 0 aromatic rings. The quantitative estimate of drug-likeness (QED) is 0.479. The molecule has 17 heavy (non-hydrogen) atoms. The monoisotopic (exact) mass is 236 g/mol. The van der Waals surface area contributed by atoms with Crippen molar-refractivity contribution in [3.63, 3.8) is 0 Å². The molecule has 3 rings (SSSR count). The van der Waals surface area contributed by atoms with Crippen LogP contribution in [0, 0.1) is 22.7 Å². The highest BCUT2D eigenvalue weighted by molar-refractivity contribution is 6.09. The van der Waals surface area contributed by atoms with Crippen LogP contribution in [0.25, 0.3) is 0 Å². The Bertz CT molecular complexity index is 371. The second-order valence-corrected chi connectivity index (χ2v) is 6.50. The number of carbonyl (C=O) groups excluding carboxylic acids is 2. The first kappa shape index (κ1) is 11.2. The molecule has 3 fully saturated rings. The number of carbonyl (C=O) groups is 2. The highest BCUT2D eigenvalue weighted by atomic mass is 16.5. The fourth-order valence-electron chi connectivity index (χ4n) is 4.42. The number of cyclic esters (lactones) is 1. The molecular formula is C14H20O3. The van der Waals surface area contributed by atoms with Gasteiger partial charge in [-0.1, -0.05) is 26.7 Å². The number of hydrogen-bond acceptors (Lipinski definition) is 3. The Morgan fingerprint density at radius 2 is 2.06 bits per heavy atom. The molecule has 0 aromatic heterocycles. The number of hydrogen-bond donors (Lipinski definition) is 0. The highest BCUT2D eigenvalue weighted by Gasteiger charge is 2.64. The molecule has 0 unspecified atom stereocenters. The Kier molecular flexibility index (Phi) is 2.20. The molecule has 3 aliphatic rings. The van der Waals surface area contributed by atoms with Gasteiger partial charge in [-0.3, -0.25) is 9.59 Å². The maximum Gasteiger partial charge on any atom is 0.320 e. The van der Waals surface area contributed by atoms with Crippen molar-refractivity contribution in [2.24, 2.45) is 22.7 Å². The van der Waals surface area contributed by atoms with Gasteiger partial charge in [-0.25, -0.2) is 0 Å². The van der Waals surface area contributed by atoms with Crippen molar-refractivity contribution in [2.75, 3.05) is 6.61 Å². The SMILES string of the molecule is C[C@H]1CCC[C@@H]2C[C@@]3(C[C@@]21C)C(=O)COC3=O. The fourth-order valence-corrected chi connectivity index (χ4v) is 4.42. The Labute approximate surface area is 102 Å². The average molecular weight is 236 g/mol. The maximum atomic E-state index is 12.1. The van der Waals surface area contributed by atoms with E-state index >= 15 is 0 Å². The van der Waals surface area contributed by atoms with Crippen LogP contribution in [-0.2, 0) is 14.3 Å². The second-order valence-electron chi connectivity index (χ2n) is 6.50. The Morgan fingerprint density at radius 1 is 1.29 bits per heavy atom. The van der Waals surface area contributed by atoms with Gasteiger partial charge in [-0.2, -0.15) is 0 Å². The van der Waals surface area contributed by atoms with Crippen LogP contribution in [0.3, 0.4) is 0 Å². The lowest BCUT2D eigenvalue weighted by Crippen LogP contribution is -2.35. The molecule has 2 aliphatic carbocycles. The third-order valence-corrected chi connectivity index (χ3v) is 5.78. The maximum absolute atomic E-state index is 12.1. The van der Waals surface area contributed by atoms with Gasteiger partial charge in [0.2, 0.25) is 0 Å². The standard InChI is InChI=1S/C14H20O3/c1-9-4-3-5-10-6-14(8-13(9,10)2)11(15)7-17-12(14)16/h9-10H,3-8H2,1-2H3/t9-,10+,13+,14+/m0/s1. The summed E-state index contributed by atoms with van der Waals surface area (Å²) >= 11 is 0. The molecule has 4 atom stereocenters. The highest BCUT2D eigenvalue weighted by Crippen LogP contribution is 2.62. The summed E-state index contributed by atoms with van der Waals surface area (Å²) in [4.78, 5) is 24.0. The predicted molar refractivity (Wildman–Crippen MR) is 62.2 cm³/mol. The first-order valence-corrected chi connectivity index (χ1v) is 6.69. The molecule has 3 nitrogen and oxygen atoms in total. The lowest BCUT2D eigenvalue weighted by atomic mass is 9.63. The van der Waals surface area contributed by atoms with Crippen LogP contribution in [0.5, 0.6) is 0 Å². The molecule has 1 heterocycles. The van der Waals surface area contributed by atoms with Crippen molar-refractivity contribution in [1.82, 2.24) is 0 Å². The number of Topliss-reactive ketones (excluding diaryl/α,β-unsaturated/α-hetero) is 1. The molecule has 3 heteroatoms. The van der Waals surface area contributed by atoms with Crippen LogP contribution in [-0.4, -0.2) is 18.4 Å². The predicted octanol–water partition coefficient (Wildman–Crippen LogP) is 2.33. The topological polar surface area (TPSA) is 43.4 Å². The lowest BCUT2D eigenvalue weighted by molar-refractivity contribution is -0.147. The first-order chi connectivity index (χ1) is 7.99. The molecule has 1 saturated heterocycles. The van der Waals surface area contributed by atoms with E-state index in [1.54, 1.807) is 0 Å². The summed E-state index contributed by atoms with van der Waals surface area (Å²) in [6.07, 6.45) is 5.10. The number of rotatable bonds is 0. The molecule has 2 saturated carbocycles. The Morgan fingerprint density at radius 3 is 2.65 bits per heavy atom. The summed E-state index contributed by atoms with van der Waals surface area (Å²) < 4.78 is 5.00. The Balaban J connectivity index is 1.98. The lowest BCUT2D eigenvalue weighted by Gasteiger charge is -2.42. The molecule has 0 N–H and O–H groups in total. The van der Waals surface area contributed by atoms with Crippen molar-refractivity contribution >= 4 is 11.8 Å². The zero-order valence-electron chi connectivity index (χ0n) is 10.6. The van der Waals surface area contributed by atoms with Gasteiger partial charge in [0.1, 0.15) is 5.41 Å². The summed E-state index contributed by atoms with van der Waals surface area (Å²) in [5.74, 6) is 0.929. The van der Waals surface area contributed by atoms with E-state index in [1.165, 1.54) is 19.3 Å². The molecule has 1 spiro atoms. The summed E-state index contributed by atoms with van der Waals surface area (Å²) in [6.45, 7) is 4.56. The van der Waals surface area contributed by atoms with Gasteiger partial charge < -0.3 is 4.74 Å². The Hall–Kier alpha value is -0.860. The van der Waals surface area contributed by atoms with E-state index in [0.717, 1.165) is 12.8 Å². The van der Waals surface area contributed by atoms with E-state index < -0.39 is 5.41 Å². The van der Waals surface area contributed by atoms with E-state index in [2.05, 4.69) is 13.8 Å². The molecule has 0 amide bonds. The fraction of sp³-hybridized carbons (Fsp3) is 0.857. The molecule has 94 valence electrons. The number of ketones is 1. The minimum absolute atomic E-state index is 0.00993. The number of esters is 1. The van der Waals surface area contributed by atoms with Gasteiger partial charge in [0.05, 0.1) is 0 Å². The zero-order chi connectivity index (χ0) is 12.3. The van der Waals surface area contributed by atoms with Gasteiger partial charge in [0.15, 0.2) is 12.4 Å². The van der Waals surface area contributed by atoms with Crippen LogP contribution >= 0.6 is 0 Å². The molecular weight excluding hydrogens is 216 g/mol. The smallest absolute Gasteiger partial charge is 0.320 e. The van der Waals surface area contributed by atoms with Crippen LogP contribution in [0.15, 0.2) is 0 Å². The third kappa shape index (κ3) is 1.28. The van der Waals surface area contributed by atoms with Gasteiger partial charge >= 0.3 is 5.97 Å². The normalized spacial score (nSPS) is 49.5. The summed E-state index contributed by atoms with van der Waals surface area (Å²) in [5, 5.41) is 0. The first-order valence-electron chi connectivity index (χ1n) is 6.69. The summed E-state index contributed by atoms with van der Waals surface area (Å²) in [7, 11) is 0. The van der Waals surface area contributed by atoms with E-state index in [-0.39, 0.29) is 23.8 Å². The molecule has 0 bridgehead atoms.